The molecule has 4 aromatic rings. The van der Waals surface area contributed by atoms with Gasteiger partial charge in [0.15, 0.2) is 0 Å². The summed E-state index contributed by atoms with van der Waals surface area (Å²) in [6.07, 6.45) is 3.75. The van der Waals surface area contributed by atoms with E-state index in [0.29, 0.717) is 29.2 Å². The molecule has 1 saturated heterocycles. The van der Waals surface area contributed by atoms with Gasteiger partial charge in [-0.3, -0.25) is 4.79 Å². The third kappa shape index (κ3) is 3.45. The Morgan fingerprint density at radius 1 is 1.19 bits per heavy atom. The van der Waals surface area contributed by atoms with Crippen LogP contribution in [0.3, 0.4) is 0 Å². The second kappa shape index (κ2) is 8.03. The highest BCUT2D eigenvalue weighted by Crippen LogP contribution is 2.36. The van der Waals surface area contributed by atoms with Crippen molar-refractivity contribution in [1.29, 1.82) is 0 Å². The van der Waals surface area contributed by atoms with Gasteiger partial charge in [0.2, 0.25) is 0 Å². The highest BCUT2D eigenvalue weighted by Gasteiger charge is 2.39. The van der Waals surface area contributed by atoms with Gasteiger partial charge >= 0.3 is 0 Å². The first-order valence-corrected chi connectivity index (χ1v) is 10.8. The zero-order chi connectivity index (χ0) is 22.4. The smallest absolute Gasteiger partial charge is 0.256 e. The standard InChI is InChI=1S/C23H23ClN6O2/c1-13-4-7-19(30-25-8-9-26-30)16(10-13)23(31)29-12-15(32-3)11-20(29)22-27-18-6-5-17(24)14(2)21(18)28-22/h4-10,15,20H,11-12H2,1-3H3,(H,27,28)/t15-,20+/m1/s1. The molecule has 8 nitrogen and oxygen atoms in total. The van der Waals surface area contributed by atoms with Crippen molar-refractivity contribution in [1.82, 2.24) is 29.9 Å². The molecule has 9 heteroatoms. The molecular formula is C23H23ClN6O2. The van der Waals surface area contributed by atoms with Crippen molar-refractivity contribution in [3.8, 4) is 5.69 Å². The number of aromatic amines is 1. The summed E-state index contributed by atoms with van der Waals surface area (Å²) < 4.78 is 5.64. The first kappa shape index (κ1) is 20.7. The van der Waals surface area contributed by atoms with Crippen LogP contribution in [0.1, 0.15) is 39.8 Å². The molecule has 1 amide bonds. The summed E-state index contributed by atoms with van der Waals surface area (Å²) >= 11 is 6.29. The number of nitrogens with zero attached hydrogens (tertiary/aromatic N) is 5. The Hall–Kier alpha value is -3.23. The number of halogens is 1. The van der Waals surface area contributed by atoms with Crippen molar-refractivity contribution in [2.24, 2.45) is 0 Å². The lowest BCUT2D eigenvalue weighted by molar-refractivity contribution is 0.0684. The fraction of sp³-hybridized carbons (Fsp3) is 0.304. The minimum Gasteiger partial charge on any atom is -0.380 e. The maximum Gasteiger partial charge on any atom is 0.256 e. The van der Waals surface area contributed by atoms with Gasteiger partial charge in [-0.1, -0.05) is 23.2 Å². The molecule has 164 valence electrons. The van der Waals surface area contributed by atoms with Crippen molar-refractivity contribution in [3.63, 3.8) is 0 Å². The summed E-state index contributed by atoms with van der Waals surface area (Å²) in [5.74, 6) is 0.616. The molecule has 0 bridgehead atoms. The number of hydrogen-bond acceptors (Lipinski definition) is 5. The summed E-state index contributed by atoms with van der Waals surface area (Å²) in [6.45, 7) is 4.37. The highest BCUT2D eigenvalue weighted by molar-refractivity contribution is 6.32. The molecule has 2 aromatic carbocycles. The summed E-state index contributed by atoms with van der Waals surface area (Å²) in [5, 5.41) is 9.11. The van der Waals surface area contributed by atoms with Gasteiger partial charge in [0.1, 0.15) is 5.82 Å². The number of aromatic nitrogens is 5. The van der Waals surface area contributed by atoms with Crippen LogP contribution in [0.2, 0.25) is 5.02 Å². The van der Waals surface area contributed by atoms with E-state index in [1.54, 1.807) is 19.5 Å². The van der Waals surface area contributed by atoms with Crippen molar-refractivity contribution in [3.05, 3.63) is 70.3 Å². The van der Waals surface area contributed by atoms with E-state index >= 15 is 0 Å². The molecule has 1 aliphatic rings. The molecule has 2 aromatic heterocycles. The maximum absolute atomic E-state index is 13.8. The number of H-pyrrole nitrogens is 1. The van der Waals surface area contributed by atoms with Crippen LogP contribution >= 0.6 is 11.6 Å². The van der Waals surface area contributed by atoms with E-state index in [1.165, 1.54) is 4.80 Å². The quantitative estimate of drug-likeness (QED) is 0.507. The number of amides is 1. The number of ether oxygens (including phenoxy) is 1. The molecule has 1 aliphatic heterocycles. The van der Waals surface area contributed by atoms with Crippen LogP contribution in [0, 0.1) is 13.8 Å². The fourth-order valence-corrected chi connectivity index (χ4v) is 4.46. The zero-order valence-electron chi connectivity index (χ0n) is 18.0. The first-order valence-electron chi connectivity index (χ1n) is 10.4. The third-order valence-corrected chi connectivity index (χ3v) is 6.46. The minimum atomic E-state index is -0.253. The number of rotatable bonds is 4. The normalized spacial score (nSPS) is 18.6. The molecule has 0 spiro atoms. The second-order valence-electron chi connectivity index (χ2n) is 8.10. The number of aryl methyl sites for hydroxylation is 2. The molecule has 32 heavy (non-hydrogen) atoms. The number of benzene rings is 2. The fourth-order valence-electron chi connectivity index (χ4n) is 4.31. The SMILES string of the molecule is CO[C@@H]1C[C@@H](c2nc3c(C)c(Cl)ccc3[nH]2)N(C(=O)c2cc(C)ccc2-n2nccn2)C1. The van der Waals surface area contributed by atoms with Crippen LogP contribution in [-0.4, -0.2) is 55.5 Å². The van der Waals surface area contributed by atoms with E-state index in [1.807, 2.05) is 49.1 Å². The van der Waals surface area contributed by atoms with Crippen molar-refractivity contribution < 1.29 is 9.53 Å². The predicted octanol–water partition coefficient (Wildman–Crippen LogP) is 4.02. The van der Waals surface area contributed by atoms with E-state index in [4.69, 9.17) is 21.3 Å². The number of fused-ring (bicyclic) bond motifs is 1. The molecule has 2 atom stereocenters. The van der Waals surface area contributed by atoms with Crippen LogP contribution in [0.5, 0.6) is 0 Å². The zero-order valence-corrected chi connectivity index (χ0v) is 18.8. The Morgan fingerprint density at radius 2 is 1.97 bits per heavy atom. The minimum absolute atomic E-state index is 0.0852. The number of nitrogens with one attached hydrogen (secondary N) is 1. The van der Waals surface area contributed by atoms with Gasteiger partial charge in [0, 0.05) is 25.1 Å². The summed E-state index contributed by atoms with van der Waals surface area (Å²) in [4.78, 5) is 25.3. The van der Waals surface area contributed by atoms with Gasteiger partial charge in [-0.05, 0) is 43.7 Å². The molecule has 1 N–H and O–H groups in total. The average molecular weight is 451 g/mol. The van der Waals surface area contributed by atoms with Crippen LogP contribution in [-0.2, 0) is 4.74 Å². The molecule has 3 heterocycles. The molecule has 0 radical (unpaired) electrons. The number of carbonyl (C=O) groups excluding carboxylic acids is 1. The van der Waals surface area contributed by atoms with Gasteiger partial charge in [-0.15, -0.1) is 0 Å². The summed E-state index contributed by atoms with van der Waals surface area (Å²) in [7, 11) is 1.67. The molecule has 1 fully saturated rings. The third-order valence-electron chi connectivity index (χ3n) is 6.05. The van der Waals surface area contributed by atoms with Gasteiger partial charge in [-0.2, -0.15) is 15.0 Å². The lowest BCUT2D eigenvalue weighted by Gasteiger charge is -2.24. The number of methoxy groups -OCH3 is 1. The Kier molecular flexibility index (Phi) is 5.19. The summed E-state index contributed by atoms with van der Waals surface area (Å²) in [6, 6.07) is 9.21. The lowest BCUT2D eigenvalue weighted by Crippen LogP contribution is -2.33. The molecule has 0 saturated carbocycles. The number of hydrogen-bond donors (Lipinski definition) is 1. The summed E-state index contributed by atoms with van der Waals surface area (Å²) in [5.41, 5.74) is 4.79. The van der Waals surface area contributed by atoms with Gasteiger partial charge in [0.05, 0.1) is 46.8 Å². The van der Waals surface area contributed by atoms with Crippen molar-refractivity contribution in [2.75, 3.05) is 13.7 Å². The van der Waals surface area contributed by atoms with Crippen LogP contribution in [0.25, 0.3) is 16.7 Å². The Morgan fingerprint density at radius 3 is 2.72 bits per heavy atom. The Labute approximate surface area is 190 Å². The van der Waals surface area contributed by atoms with E-state index in [-0.39, 0.29) is 18.1 Å². The predicted molar refractivity (Wildman–Crippen MR) is 121 cm³/mol. The van der Waals surface area contributed by atoms with E-state index in [0.717, 1.165) is 28.0 Å². The van der Waals surface area contributed by atoms with E-state index < -0.39 is 0 Å². The number of carbonyl (C=O) groups is 1. The van der Waals surface area contributed by atoms with Gasteiger partial charge < -0.3 is 14.6 Å². The average Bonchev–Trinajstić information content (AvgIpc) is 3.55. The topological polar surface area (TPSA) is 88.9 Å². The van der Waals surface area contributed by atoms with Crippen molar-refractivity contribution >= 4 is 28.5 Å². The van der Waals surface area contributed by atoms with Crippen LogP contribution in [0.4, 0.5) is 0 Å². The van der Waals surface area contributed by atoms with Gasteiger partial charge in [0.25, 0.3) is 5.91 Å². The van der Waals surface area contributed by atoms with Crippen LogP contribution in [0.15, 0.2) is 42.7 Å². The number of likely N-dealkylation sites (tertiary alicyclic amines) is 1. The Bertz CT molecular complexity index is 1300. The second-order valence-corrected chi connectivity index (χ2v) is 8.50. The highest BCUT2D eigenvalue weighted by atomic mass is 35.5. The number of imidazole rings is 1. The largest absolute Gasteiger partial charge is 0.380 e. The van der Waals surface area contributed by atoms with Gasteiger partial charge in [-0.25, -0.2) is 4.98 Å². The molecular weight excluding hydrogens is 428 g/mol. The molecule has 0 aliphatic carbocycles. The monoisotopic (exact) mass is 450 g/mol. The lowest BCUT2D eigenvalue weighted by atomic mass is 10.1. The molecule has 0 unspecified atom stereocenters. The van der Waals surface area contributed by atoms with E-state index in [2.05, 4.69) is 15.2 Å². The molecule has 5 rings (SSSR count). The van der Waals surface area contributed by atoms with E-state index in [9.17, 15) is 4.79 Å². The Balaban J connectivity index is 1.57. The maximum atomic E-state index is 13.8. The first-order chi connectivity index (χ1) is 15.5. The van der Waals surface area contributed by atoms with Crippen LogP contribution < -0.4 is 0 Å². The van der Waals surface area contributed by atoms with Crippen molar-refractivity contribution in [2.45, 2.75) is 32.4 Å².